The predicted octanol–water partition coefficient (Wildman–Crippen LogP) is 3.45. The van der Waals surface area contributed by atoms with Crippen molar-refractivity contribution in [1.82, 2.24) is 15.5 Å². The lowest BCUT2D eigenvalue weighted by Gasteiger charge is -2.32. The molecule has 1 aliphatic heterocycles. The van der Waals surface area contributed by atoms with Crippen molar-refractivity contribution in [2.45, 2.75) is 39.5 Å². The van der Waals surface area contributed by atoms with Gasteiger partial charge >= 0.3 is 0 Å². The van der Waals surface area contributed by atoms with Gasteiger partial charge in [-0.2, -0.15) is 0 Å². The number of hydrogen-bond donors (Lipinski definition) is 2. The monoisotopic (exact) mass is 488 g/mol. The van der Waals surface area contributed by atoms with E-state index in [2.05, 4.69) is 46.5 Å². The maximum atomic E-state index is 5.46. The zero-order valence-corrected chi connectivity index (χ0v) is 19.7. The van der Waals surface area contributed by atoms with E-state index in [9.17, 15) is 0 Å². The van der Waals surface area contributed by atoms with E-state index < -0.39 is 0 Å². The Morgan fingerprint density at radius 3 is 2.63 bits per heavy atom. The lowest BCUT2D eigenvalue weighted by molar-refractivity contribution is 0.185. The van der Waals surface area contributed by atoms with Crippen molar-refractivity contribution in [1.29, 1.82) is 0 Å². The second kappa shape index (κ2) is 13.2. The van der Waals surface area contributed by atoms with E-state index in [0.717, 1.165) is 37.1 Å². The minimum absolute atomic E-state index is 0. The Bertz CT molecular complexity index is 571. The highest BCUT2D eigenvalue weighted by molar-refractivity contribution is 14.0. The molecule has 0 bridgehead atoms. The summed E-state index contributed by atoms with van der Waals surface area (Å²) in [7, 11) is 3.57. The van der Waals surface area contributed by atoms with Crippen molar-refractivity contribution in [2.75, 3.05) is 46.9 Å². The van der Waals surface area contributed by atoms with Gasteiger partial charge in [-0.1, -0.05) is 24.6 Å². The molecular weight excluding hydrogens is 451 g/mol. The molecular formula is C21H37IN4O. The number of guanidine groups is 1. The fourth-order valence-electron chi connectivity index (χ4n) is 3.61. The first kappa shape index (κ1) is 24.0. The highest BCUT2D eigenvalue weighted by atomic mass is 127. The molecule has 0 saturated carbocycles. The summed E-state index contributed by atoms with van der Waals surface area (Å²) >= 11 is 0. The zero-order valence-electron chi connectivity index (χ0n) is 17.4. The van der Waals surface area contributed by atoms with Gasteiger partial charge in [0.2, 0.25) is 0 Å². The van der Waals surface area contributed by atoms with Gasteiger partial charge in [-0.15, -0.1) is 24.0 Å². The van der Waals surface area contributed by atoms with Crippen LogP contribution in [0.25, 0.3) is 0 Å². The molecule has 0 aromatic heterocycles. The molecule has 0 atom stereocenters. The molecule has 1 saturated heterocycles. The molecule has 0 radical (unpaired) electrons. The summed E-state index contributed by atoms with van der Waals surface area (Å²) in [6.45, 7) is 9.94. The lowest BCUT2D eigenvalue weighted by Crippen LogP contribution is -2.43. The van der Waals surface area contributed by atoms with Crippen LogP contribution in [0.2, 0.25) is 0 Å². The number of nitrogens with one attached hydrogen (secondary N) is 2. The van der Waals surface area contributed by atoms with Gasteiger partial charge < -0.3 is 20.3 Å². The first-order valence-corrected chi connectivity index (χ1v) is 9.96. The summed E-state index contributed by atoms with van der Waals surface area (Å²) in [4.78, 5) is 6.94. The molecule has 0 unspecified atom stereocenters. The molecule has 0 spiro atoms. The molecule has 2 rings (SSSR count). The van der Waals surface area contributed by atoms with E-state index in [4.69, 9.17) is 4.74 Å². The summed E-state index contributed by atoms with van der Waals surface area (Å²) in [5.41, 5.74) is 2.50. The highest BCUT2D eigenvalue weighted by Gasteiger charge is 2.18. The molecule has 5 nitrogen and oxygen atoms in total. The number of aliphatic imine (C=N–C) groups is 1. The molecule has 154 valence electrons. The largest absolute Gasteiger partial charge is 0.496 e. The quantitative estimate of drug-likeness (QED) is 0.335. The molecule has 0 aliphatic carbocycles. The van der Waals surface area contributed by atoms with E-state index in [0.29, 0.717) is 0 Å². The minimum Gasteiger partial charge on any atom is -0.496 e. The molecule has 0 amide bonds. The predicted molar refractivity (Wildman–Crippen MR) is 126 cm³/mol. The fraction of sp³-hybridized carbons (Fsp3) is 0.667. The van der Waals surface area contributed by atoms with E-state index in [1.165, 1.54) is 50.0 Å². The number of benzene rings is 1. The number of likely N-dealkylation sites (tertiary alicyclic amines) is 1. The Labute approximate surface area is 182 Å². The molecule has 1 aliphatic rings. The molecule has 1 heterocycles. The van der Waals surface area contributed by atoms with E-state index >= 15 is 0 Å². The van der Waals surface area contributed by atoms with Gasteiger partial charge in [-0.3, -0.25) is 4.99 Å². The lowest BCUT2D eigenvalue weighted by atomic mass is 9.97. The Kier molecular flexibility index (Phi) is 11.7. The van der Waals surface area contributed by atoms with Crippen LogP contribution >= 0.6 is 24.0 Å². The number of nitrogens with zero attached hydrogens (tertiary/aromatic N) is 2. The third-order valence-corrected chi connectivity index (χ3v) is 5.15. The van der Waals surface area contributed by atoms with Crippen molar-refractivity contribution >= 4 is 29.9 Å². The van der Waals surface area contributed by atoms with Crippen LogP contribution in [0.1, 0.15) is 37.3 Å². The smallest absolute Gasteiger partial charge is 0.190 e. The summed E-state index contributed by atoms with van der Waals surface area (Å²) < 4.78 is 5.46. The molecule has 1 fully saturated rings. The summed E-state index contributed by atoms with van der Waals surface area (Å²) in [5, 5.41) is 6.93. The number of hydrogen-bond acceptors (Lipinski definition) is 3. The Hall–Kier alpha value is -1.02. The van der Waals surface area contributed by atoms with E-state index in [1.54, 1.807) is 7.11 Å². The number of methoxy groups -OCH3 is 1. The van der Waals surface area contributed by atoms with Gasteiger partial charge in [0.05, 0.1) is 7.11 Å². The summed E-state index contributed by atoms with van der Waals surface area (Å²) in [6.07, 6.45) is 4.74. The van der Waals surface area contributed by atoms with E-state index in [1.807, 2.05) is 13.1 Å². The maximum absolute atomic E-state index is 5.46. The van der Waals surface area contributed by atoms with Gasteiger partial charge in [0.15, 0.2) is 5.96 Å². The van der Waals surface area contributed by atoms with Gasteiger partial charge in [-0.25, -0.2) is 0 Å². The van der Waals surface area contributed by atoms with Crippen molar-refractivity contribution in [3.63, 3.8) is 0 Å². The number of halogens is 1. The van der Waals surface area contributed by atoms with Gasteiger partial charge in [0, 0.05) is 20.1 Å². The highest BCUT2D eigenvalue weighted by Crippen LogP contribution is 2.20. The Balaban J connectivity index is 0.00000364. The fourth-order valence-corrected chi connectivity index (χ4v) is 3.61. The van der Waals surface area contributed by atoms with E-state index in [-0.39, 0.29) is 24.0 Å². The number of piperidine rings is 1. The van der Waals surface area contributed by atoms with Crippen LogP contribution in [0.5, 0.6) is 5.75 Å². The first-order valence-electron chi connectivity index (χ1n) is 9.96. The van der Waals surface area contributed by atoms with Crippen molar-refractivity contribution in [3.05, 3.63) is 29.3 Å². The minimum atomic E-state index is 0. The number of rotatable bonds is 8. The Morgan fingerprint density at radius 2 is 2.00 bits per heavy atom. The normalized spacial score (nSPS) is 15.9. The van der Waals surface area contributed by atoms with Gasteiger partial charge in [0.25, 0.3) is 0 Å². The third kappa shape index (κ3) is 8.25. The molecule has 1 aromatic carbocycles. The van der Waals surface area contributed by atoms with Crippen LogP contribution in [0, 0.1) is 12.8 Å². The topological polar surface area (TPSA) is 48.9 Å². The average molecular weight is 488 g/mol. The summed E-state index contributed by atoms with van der Waals surface area (Å²) in [5.74, 6) is 2.60. The molecule has 27 heavy (non-hydrogen) atoms. The average Bonchev–Trinajstić information content (AvgIpc) is 2.66. The Morgan fingerprint density at radius 1 is 1.26 bits per heavy atom. The summed E-state index contributed by atoms with van der Waals surface area (Å²) in [6, 6.07) is 6.32. The second-order valence-electron chi connectivity index (χ2n) is 7.23. The van der Waals surface area contributed by atoms with Crippen molar-refractivity contribution < 1.29 is 4.74 Å². The first-order chi connectivity index (χ1) is 12.7. The number of aryl methyl sites for hydroxylation is 1. The zero-order chi connectivity index (χ0) is 18.8. The van der Waals surface area contributed by atoms with Crippen molar-refractivity contribution in [2.24, 2.45) is 10.9 Å². The van der Waals surface area contributed by atoms with Crippen LogP contribution < -0.4 is 15.4 Å². The molecule has 1 aromatic rings. The standard InChI is InChI=1S/C21H36N4O.HI/c1-5-12-25-13-9-18(10-14-25)16-24-21(22-3)23-11-8-19-15-17(2)6-7-20(19)26-4;/h6-7,15,18H,5,8-14,16H2,1-4H3,(H2,22,23,24);1H. The van der Waals surface area contributed by atoms with Gasteiger partial charge in [0.1, 0.15) is 5.75 Å². The van der Waals surface area contributed by atoms with Crippen LogP contribution in [0.3, 0.4) is 0 Å². The van der Waals surface area contributed by atoms with Crippen LogP contribution in [-0.2, 0) is 6.42 Å². The number of ether oxygens (including phenoxy) is 1. The van der Waals surface area contributed by atoms with Crippen LogP contribution in [-0.4, -0.2) is 57.7 Å². The second-order valence-corrected chi connectivity index (χ2v) is 7.23. The SMILES string of the molecule is CCCN1CCC(CNC(=NC)NCCc2cc(C)ccc2OC)CC1.I. The van der Waals surface area contributed by atoms with Crippen LogP contribution in [0.4, 0.5) is 0 Å². The maximum Gasteiger partial charge on any atom is 0.190 e. The third-order valence-electron chi connectivity index (χ3n) is 5.15. The van der Waals surface area contributed by atoms with Crippen molar-refractivity contribution in [3.8, 4) is 5.75 Å². The van der Waals surface area contributed by atoms with Gasteiger partial charge in [-0.05, 0) is 69.8 Å². The molecule has 2 N–H and O–H groups in total. The van der Waals surface area contributed by atoms with Crippen LogP contribution in [0.15, 0.2) is 23.2 Å². The molecule has 6 heteroatoms.